The summed E-state index contributed by atoms with van der Waals surface area (Å²) in [5.41, 5.74) is 1.85. The van der Waals surface area contributed by atoms with Crippen molar-refractivity contribution in [3.05, 3.63) is 66.0 Å². The molecule has 0 spiro atoms. The maximum absolute atomic E-state index is 13.0. The van der Waals surface area contributed by atoms with Crippen LogP contribution in [0, 0.1) is 0 Å². The quantitative estimate of drug-likeness (QED) is 0.648. The summed E-state index contributed by atoms with van der Waals surface area (Å²) in [6.45, 7) is 4.79. The molecule has 1 aromatic carbocycles. The van der Waals surface area contributed by atoms with E-state index >= 15 is 0 Å². The highest BCUT2D eigenvalue weighted by molar-refractivity contribution is 5.94. The molecule has 1 atom stereocenters. The molecule has 4 heterocycles. The van der Waals surface area contributed by atoms with E-state index < -0.39 is 5.60 Å². The average Bonchev–Trinajstić information content (AvgIpc) is 3.55. The van der Waals surface area contributed by atoms with E-state index in [-0.39, 0.29) is 5.91 Å². The van der Waals surface area contributed by atoms with Gasteiger partial charge in [-0.2, -0.15) is 0 Å². The third-order valence-electron chi connectivity index (χ3n) is 6.75. The maximum atomic E-state index is 13.0. The third kappa shape index (κ3) is 4.23. The molecule has 0 saturated carbocycles. The summed E-state index contributed by atoms with van der Waals surface area (Å²) in [6, 6.07) is 13.9. The summed E-state index contributed by atoms with van der Waals surface area (Å²) in [4.78, 5) is 23.6. The normalized spacial score (nSPS) is 21.5. The number of nitrogens with zero attached hydrogens (tertiary/aromatic N) is 5. The van der Waals surface area contributed by atoms with Crippen molar-refractivity contribution in [1.29, 1.82) is 0 Å². The Kier molecular flexibility index (Phi) is 5.61. The number of aromatic nitrogens is 2. The number of pyridine rings is 1. The van der Waals surface area contributed by atoms with E-state index in [1.807, 2.05) is 40.9 Å². The van der Waals surface area contributed by atoms with Gasteiger partial charge in [0.2, 0.25) is 0 Å². The number of carbonyl (C=O) groups excluding carboxylic acids is 1. The summed E-state index contributed by atoms with van der Waals surface area (Å²) in [5.74, 6) is 0.958. The van der Waals surface area contributed by atoms with Gasteiger partial charge in [0.25, 0.3) is 5.91 Å². The zero-order valence-corrected chi connectivity index (χ0v) is 18.7. The number of β-amino-alcohol motifs (C(OH)–C–C–N with tert-alkyl or cyclic N) is 1. The Morgan fingerprint density at radius 1 is 1.12 bits per heavy atom. The van der Waals surface area contributed by atoms with Gasteiger partial charge >= 0.3 is 0 Å². The number of benzene rings is 1. The zero-order valence-electron chi connectivity index (χ0n) is 18.7. The molecule has 3 aromatic rings. The molecule has 5 rings (SSSR count). The number of hydrogen-bond donors (Lipinski definition) is 1. The molecule has 1 N–H and O–H groups in total. The van der Waals surface area contributed by atoms with E-state index in [2.05, 4.69) is 26.9 Å². The molecular weight excluding hydrogens is 402 g/mol. The molecule has 2 aliphatic heterocycles. The van der Waals surface area contributed by atoms with E-state index in [4.69, 9.17) is 0 Å². The van der Waals surface area contributed by atoms with Crippen molar-refractivity contribution in [2.75, 3.05) is 44.7 Å². The molecular formula is C25H31N5O2. The van der Waals surface area contributed by atoms with Crippen molar-refractivity contribution in [3.63, 3.8) is 0 Å². The smallest absolute Gasteiger partial charge is 0.253 e. The SMILES string of the molecule is CN(CC1(O)CCN(c2cccc3nccn23)C1)C(=O)c1ccc(CN2CCCC2)cc1. The Morgan fingerprint density at radius 3 is 2.69 bits per heavy atom. The topological polar surface area (TPSA) is 64.3 Å². The van der Waals surface area contributed by atoms with E-state index in [1.54, 1.807) is 18.1 Å². The monoisotopic (exact) mass is 433 g/mol. The van der Waals surface area contributed by atoms with E-state index in [0.717, 1.165) is 37.6 Å². The van der Waals surface area contributed by atoms with Crippen molar-refractivity contribution in [2.24, 2.45) is 0 Å². The van der Waals surface area contributed by atoms with Crippen LogP contribution in [0.15, 0.2) is 54.9 Å². The highest BCUT2D eigenvalue weighted by Crippen LogP contribution is 2.28. The summed E-state index contributed by atoms with van der Waals surface area (Å²) in [5, 5.41) is 11.2. The van der Waals surface area contributed by atoms with Crippen molar-refractivity contribution in [2.45, 2.75) is 31.4 Å². The maximum Gasteiger partial charge on any atom is 0.253 e. The van der Waals surface area contributed by atoms with Gasteiger partial charge in [0, 0.05) is 44.6 Å². The summed E-state index contributed by atoms with van der Waals surface area (Å²) >= 11 is 0. The van der Waals surface area contributed by atoms with Gasteiger partial charge in [-0.3, -0.25) is 14.1 Å². The van der Waals surface area contributed by atoms with Gasteiger partial charge in [0.05, 0.1) is 6.54 Å². The van der Waals surface area contributed by atoms with E-state index in [1.165, 1.54) is 18.4 Å². The van der Waals surface area contributed by atoms with Crippen LogP contribution in [0.3, 0.4) is 0 Å². The molecule has 1 unspecified atom stereocenters. The predicted molar refractivity (Wildman–Crippen MR) is 125 cm³/mol. The van der Waals surface area contributed by atoms with Gasteiger partial charge in [0.15, 0.2) is 0 Å². The van der Waals surface area contributed by atoms with Gasteiger partial charge in [-0.15, -0.1) is 0 Å². The average molecular weight is 434 g/mol. The van der Waals surface area contributed by atoms with Crippen LogP contribution in [0.5, 0.6) is 0 Å². The molecule has 7 nitrogen and oxygen atoms in total. The van der Waals surface area contributed by atoms with Crippen LogP contribution in [-0.2, 0) is 6.54 Å². The number of amides is 1. The van der Waals surface area contributed by atoms with Crippen LogP contribution in [0.25, 0.3) is 5.65 Å². The Labute approximate surface area is 188 Å². The first-order valence-corrected chi connectivity index (χ1v) is 11.5. The highest BCUT2D eigenvalue weighted by Gasteiger charge is 2.38. The van der Waals surface area contributed by atoms with Crippen LogP contribution in [0.1, 0.15) is 35.2 Å². The number of imidazole rings is 1. The van der Waals surface area contributed by atoms with E-state index in [0.29, 0.717) is 25.1 Å². The lowest BCUT2D eigenvalue weighted by molar-refractivity contribution is 0.0264. The fourth-order valence-electron chi connectivity index (χ4n) is 5.06. The largest absolute Gasteiger partial charge is 0.386 e. The minimum atomic E-state index is -0.942. The van der Waals surface area contributed by atoms with Crippen LogP contribution < -0.4 is 4.90 Å². The van der Waals surface area contributed by atoms with Gasteiger partial charge in [-0.25, -0.2) is 4.98 Å². The van der Waals surface area contributed by atoms with Crippen LogP contribution in [0.2, 0.25) is 0 Å². The lowest BCUT2D eigenvalue weighted by atomic mass is 10.0. The molecule has 2 saturated heterocycles. The number of hydrogen-bond acceptors (Lipinski definition) is 5. The molecule has 2 aliphatic rings. The Bertz CT molecular complexity index is 1090. The fraction of sp³-hybridized carbons (Fsp3) is 0.440. The molecule has 7 heteroatoms. The van der Waals surface area contributed by atoms with Crippen LogP contribution in [-0.4, -0.2) is 75.6 Å². The highest BCUT2D eigenvalue weighted by atomic mass is 16.3. The lowest BCUT2D eigenvalue weighted by Gasteiger charge is -2.29. The molecule has 0 aliphatic carbocycles. The first-order valence-electron chi connectivity index (χ1n) is 11.5. The molecule has 32 heavy (non-hydrogen) atoms. The summed E-state index contributed by atoms with van der Waals surface area (Å²) in [6.07, 6.45) is 6.89. The van der Waals surface area contributed by atoms with E-state index in [9.17, 15) is 9.90 Å². The number of likely N-dealkylation sites (tertiary alicyclic amines) is 1. The number of carbonyl (C=O) groups is 1. The minimum Gasteiger partial charge on any atom is -0.386 e. The Balaban J connectivity index is 1.22. The first-order chi connectivity index (χ1) is 15.5. The third-order valence-corrected chi connectivity index (χ3v) is 6.75. The second kappa shape index (κ2) is 8.56. The van der Waals surface area contributed by atoms with Gasteiger partial charge in [-0.1, -0.05) is 18.2 Å². The molecule has 1 amide bonds. The second-order valence-electron chi connectivity index (χ2n) is 9.28. The Hall–Kier alpha value is -2.90. The lowest BCUT2D eigenvalue weighted by Crippen LogP contribution is -2.46. The number of aliphatic hydroxyl groups is 1. The number of likely N-dealkylation sites (N-methyl/N-ethyl adjacent to an activating group) is 1. The zero-order chi connectivity index (χ0) is 22.1. The van der Waals surface area contributed by atoms with Gasteiger partial charge < -0.3 is 14.9 Å². The van der Waals surface area contributed by atoms with Gasteiger partial charge in [-0.05, 0) is 62.2 Å². The van der Waals surface area contributed by atoms with Crippen molar-refractivity contribution in [3.8, 4) is 0 Å². The van der Waals surface area contributed by atoms with Crippen molar-refractivity contribution in [1.82, 2.24) is 19.2 Å². The fourth-order valence-corrected chi connectivity index (χ4v) is 5.06. The summed E-state index contributed by atoms with van der Waals surface area (Å²) < 4.78 is 2.03. The Morgan fingerprint density at radius 2 is 1.91 bits per heavy atom. The van der Waals surface area contributed by atoms with Gasteiger partial charge in [0.1, 0.15) is 17.1 Å². The minimum absolute atomic E-state index is 0.0543. The second-order valence-corrected chi connectivity index (χ2v) is 9.28. The molecule has 0 radical (unpaired) electrons. The van der Waals surface area contributed by atoms with Crippen molar-refractivity contribution < 1.29 is 9.90 Å². The number of fused-ring (bicyclic) bond motifs is 1. The number of rotatable bonds is 6. The number of anilines is 1. The molecule has 0 bridgehead atoms. The van der Waals surface area contributed by atoms with Crippen LogP contribution in [0.4, 0.5) is 5.82 Å². The summed E-state index contributed by atoms with van der Waals surface area (Å²) in [7, 11) is 1.78. The van der Waals surface area contributed by atoms with Crippen LogP contribution >= 0.6 is 0 Å². The van der Waals surface area contributed by atoms with Crippen molar-refractivity contribution >= 4 is 17.4 Å². The molecule has 2 fully saturated rings. The molecule has 168 valence electrons. The first kappa shape index (κ1) is 21.0. The standard InChI is InChI=1S/C25H31N5O2/c1-27(24(31)21-9-7-20(8-10-21)17-28-13-2-3-14-28)18-25(32)11-15-29(19-25)23-6-4-5-22-26-12-16-30(22)23/h4-10,12,16,32H,2-3,11,13-15,17-19H2,1H3. The predicted octanol–water partition coefficient (Wildman–Crippen LogP) is 2.64. The molecule has 2 aromatic heterocycles.